The Balaban J connectivity index is 2.16. The van der Waals surface area contributed by atoms with E-state index in [9.17, 15) is 5.26 Å². The number of nitrogens with one attached hydrogen (secondary N) is 1. The van der Waals surface area contributed by atoms with Crippen LogP contribution >= 0.6 is 11.8 Å². The van der Waals surface area contributed by atoms with Gasteiger partial charge in [-0.1, -0.05) is 13.0 Å². The highest BCUT2D eigenvalue weighted by Gasteiger charge is 2.08. The fourth-order valence-corrected chi connectivity index (χ4v) is 2.72. The Morgan fingerprint density at radius 2 is 2.24 bits per heavy atom. The quantitative estimate of drug-likeness (QED) is 0.824. The monoisotopic (exact) mass is 299 g/mol. The summed E-state index contributed by atoms with van der Waals surface area (Å²) >= 11 is 1.68. The fraction of sp³-hybridized carbons (Fsp3) is 0.250. The second kappa shape index (κ2) is 7.55. The van der Waals surface area contributed by atoms with E-state index in [0.717, 1.165) is 21.9 Å². The highest BCUT2D eigenvalue weighted by atomic mass is 32.2. The molecule has 0 fully saturated rings. The predicted molar refractivity (Wildman–Crippen MR) is 85.7 cm³/mol. The molecule has 1 heterocycles. The zero-order valence-electron chi connectivity index (χ0n) is 12.1. The summed E-state index contributed by atoms with van der Waals surface area (Å²) in [6, 6.07) is 12.0. The molecule has 0 bridgehead atoms. The molecule has 1 N–H and O–H groups in total. The van der Waals surface area contributed by atoms with Gasteiger partial charge in [-0.25, -0.2) is 4.98 Å². The highest BCUT2D eigenvalue weighted by molar-refractivity contribution is 7.99. The number of benzene rings is 1. The number of aromatic nitrogens is 1. The van der Waals surface area contributed by atoms with E-state index < -0.39 is 0 Å². The average Bonchev–Trinajstić information content (AvgIpc) is 2.53. The van der Waals surface area contributed by atoms with Crippen molar-refractivity contribution in [1.82, 2.24) is 4.98 Å². The zero-order chi connectivity index (χ0) is 15.1. The molecule has 0 radical (unpaired) electrons. The van der Waals surface area contributed by atoms with Crippen LogP contribution in [0, 0.1) is 11.3 Å². The van der Waals surface area contributed by atoms with Crippen molar-refractivity contribution in [2.24, 2.45) is 0 Å². The molecule has 2 rings (SSSR count). The van der Waals surface area contributed by atoms with Crippen molar-refractivity contribution in [2.75, 3.05) is 18.2 Å². The van der Waals surface area contributed by atoms with E-state index in [0.29, 0.717) is 18.0 Å². The van der Waals surface area contributed by atoms with E-state index in [1.807, 2.05) is 30.3 Å². The van der Waals surface area contributed by atoms with Crippen LogP contribution in [0.5, 0.6) is 5.88 Å². The lowest BCUT2D eigenvalue weighted by Gasteiger charge is -2.11. The van der Waals surface area contributed by atoms with Gasteiger partial charge in [0, 0.05) is 23.7 Å². The number of methoxy groups -OCH3 is 1. The molecule has 0 saturated heterocycles. The summed E-state index contributed by atoms with van der Waals surface area (Å²) in [5, 5.41) is 12.7. The Morgan fingerprint density at radius 1 is 1.38 bits per heavy atom. The van der Waals surface area contributed by atoms with Crippen molar-refractivity contribution in [3.05, 3.63) is 47.7 Å². The fourth-order valence-electron chi connectivity index (χ4n) is 1.94. The van der Waals surface area contributed by atoms with Crippen LogP contribution in [0.15, 0.2) is 41.4 Å². The number of nitriles is 1. The number of anilines is 1. The van der Waals surface area contributed by atoms with Crippen LogP contribution in [-0.2, 0) is 6.54 Å². The molecule has 0 aliphatic heterocycles. The molecule has 0 amide bonds. The Hall–Kier alpha value is -2.19. The van der Waals surface area contributed by atoms with Gasteiger partial charge >= 0.3 is 0 Å². The van der Waals surface area contributed by atoms with Crippen molar-refractivity contribution in [1.29, 1.82) is 5.26 Å². The molecule has 108 valence electrons. The normalized spacial score (nSPS) is 9.95. The first-order valence-electron chi connectivity index (χ1n) is 6.67. The molecule has 21 heavy (non-hydrogen) atoms. The molecule has 2 aromatic rings. The number of nitrogens with zero attached hydrogens (tertiary/aromatic N) is 2. The van der Waals surface area contributed by atoms with Gasteiger partial charge in [-0.3, -0.25) is 0 Å². The first-order valence-corrected chi connectivity index (χ1v) is 7.65. The first kappa shape index (κ1) is 15.2. The molecule has 0 spiro atoms. The van der Waals surface area contributed by atoms with Gasteiger partial charge < -0.3 is 10.1 Å². The smallest absolute Gasteiger partial charge is 0.213 e. The highest BCUT2D eigenvalue weighted by Crippen LogP contribution is 2.28. The van der Waals surface area contributed by atoms with Gasteiger partial charge in [-0.05, 0) is 29.5 Å². The second-order valence-electron chi connectivity index (χ2n) is 4.28. The average molecular weight is 299 g/mol. The molecule has 5 heteroatoms. The van der Waals surface area contributed by atoms with Crippen molar-refractivity contribution in [3.63, 3.8) is 0 Å². The largest absolute Gasteiger partial charge is 0.481 e. The lowest BCUT2D eigenvalue weighted by atomic mass is 10.2. The maximum Gasteiger partial charge on any atom is 0.213 e. The van der Waals surface area contributed by atoms with Gasteiger partial charge in [0.25, 0.3) is 0 Å². The van der Waals surface area contributed by atoms with Gasteiger partial charge in [0.2, 0.25) is 5.88 Å². The van der Waals surface area contributed by atoms with E-state index in [2.05, 4.69) is 23.3 Å². The SMILES string of the molecule is CCSc1cccc(NCc2ccnc(OC)c2)c1C#N. The third kappa shape index (κ3) is 3.89. The molecule has 1 aromatic heterocycles. The molecule has 1 aromatic carbocycles. The molecule has 4 nitrogen and oxygen atoms in total. The summed E-state index contributed by atoms with van der Waals surface area (Å²) in [7, 11) is 1.60. The Kier molecular flexibility index (Phi) is 5.47. The summed E-state index contributed by atoms with van der Waals surface area (Å²) < 4.78 is 5.11. The molecule has 0 aliphatic rings. The van der Waals surface area contributed by atoms with Crippen LogP contribution < -0.4 is 10.1 Å². The summed E-state index contributed by atoms with van der Waals surface area (Å²) in [6.07, 6.45) is 1.71. The maximum absolute atomic E-state index is 9.37. The Labute approximate surface area is 129 Å². The van der Waals surface area contributed by atoms with Crippen LogP contribution in [0.25, 0.3) is 0 Å². The standard InChI is InChI=1S/C16H17N3OS/c1-3-21-15-6-4-5-14(13(15)10-17)19-11-12-7-8-18-16(9-12)20-2/h4-9,19H,3,11H2,1-2H3. The van der Waals surface area contributed by atoms with Crippen molar-refractivity contribution in [2.45, 2.75) is 18.4 Å². The van der Waals surface area contributed by atoms with Crippen LogP contribution in [0.3, 0.4) is 0 Å². The van der Waals surface area contributed by atoms with Gasteiger partial charge in [-0.15, -0.1) is 11.8 Å². The molecule has 0 saturated carbocycles. The number of ether oxygens (including phenoxy) is 1. The predicted octanol–water partition coefficient (Wildman–Crippen LogP) is 3.69. The second-order valence-corrected chi connectivity index (χ2v) is 5.59. The lowest BCUT2D eigenvalue weighted by Crippen LogP contribution is -2.02. The summed E-state index contributed by atoms with van der Waals surface area (Å²) in [5.41, 5.74) is 2.61. The topological polar surface area (TPSA) is 57.9 Å². The van der Waals surface area contributed by atoms with Crippen LogP contribution in [0.4, 0.5) is 5.69 Å². The van der Waals surface area contributed by atoms with Crippen molar-refractivity contribution < 1.29 is 4.74 Å². The third-order valence-electron chi connectivity index (χ3n) is 2.93. The van der Waals surface area contributed by atoms with E-state index in [-0.39, 0.29) is 0 Å². The van der Waals surface area contributed by atoms with Gasteiger partial charge in [0.05, 0.1) is 18.4 Å². The maximum atomic E-state index is 9.37. The van der Waals surface area contributed by atoms with Crippen LogP contribution in [0.1, 0.15) is 18.1 Å². The summed E-state index contributed by atoms with van der Waals surface area (Å²) in [4.78, 5) is 5.09. The van der Waals surface area contributed by atoms with Crippen molar-refractivity contribution in [3.8, 4) is 11.9 Å². The summed E-state index contributed by atoms with van der Waals surface area (Å²) in [5.74, 6) is 1.53. The molecule has 0 aliphatic carbocycles. The minimum absolute atomic E-state index is 0.588. The van der Waals surface area contributed by atoms with Gasteiger partial charge in [0.1, 0.15) is 6.07 Å². The number of thioether (sulfide) groups is 1. The van der Waals surface area contributed by atoms with Crippen LogP contribution in [-0.4, -0.2) is 17.8 Å². The Bertz CT molecular complexity index is 652. The number of pyridine rings is 1. The van der Waals surface area contributed by atoms with Crippen LogP contribution in [0.2, 0.25) is 0 Å². The van der Waals surface area contributed by atoms with E-state index in [4.69, 9.17) is 4.74 Å². The lowest BCUT2D eigenvalue weighted by molar-refractivity contribution is 0.397. The number of hydrogen-bond acceptors (Lipinski definition) is 5. The zero-order valence-corrected chi connectivity index (χ0v) is 12.9. The molecule has 0 atom stereocenters. The summed E-state index contributed by atoms with van der Waals surface area (Å²) in [6.45, 7) is 2.70. The van der Waals surface area contributed by atoms with Gasteiger partial charge in [-0.2, -0.15) is 5.26 Å². The number of rotatable bonds is 6. The van der Waals surface area contributed by atoms with Gasteiger partial charge in [0.15, 0.2) is 0 Å². The Morgan fingerprint density at radius 3 is 2.95 bits per heavy atom. The molecular weight excluding hydrogens is 282 g/mol. The van der Waals surface area contributed by atoms with E-state index in [1.165, 1.54) is 0 Å². The minimum Gasteiger partial charge on any atom is -0.481 e. The first-order chi connectivity index (χ1) is 10.3. The van der Waals surface area contributed by atoms with Crippen molar-refractivity contribution >= 4 is 17.4 Å². The number of hydrogen-bond donors (Lipinski definition) is 1. The minimum atomic E-state index is 0.588. The van der Waals surface area contributed by atoms with E-state index >= 15 is 0 Å². The third-order valence-corrected chi connectivity index (χ3v) is 3.87. The molecular formula is C16H17N3OS. The molecule has 0 unspecified atom stereocenters. The van der Waals surface area contributed by atoms with E-state index in [1.54, 1.807) is 25.1 Å².